The van der Waals surface area contributed by atoms with Crippen LogP contribution in [0.15, 0.2) is 102 Å². The molecule has 0 spiro atoms. The molecule has 0 aliphatic carbocycles. The Bertz CT molecular complexity index is 1940. The lowest BCUT2D eigenvalue weighted by molar-refractivity contribution is 0.203. The number of aromatic nitrogens is 1. The average Bonchev–Trinajstić information content (AvgIpc) is 3.08. The number of nitrogens with zero attached hydrogens (tertiary/aromatic N) is 2. The number of pyridine rings is 1. The monoisotopic (exact) mass is 657 g/mol. The van der Waals surface area contributed by atoms with Crippen LogP contribution < -0.4 is 23.7 Å². The molecule has 5 aromatic rings. The highest BCUT2D eigenvalue weighted by molar-refractivity contribution is 7.92. The van der Waals surface area contributed by atoms with E-state index >= 15 is 4.39 Å². The van der Waals surface area contributed by atoms with Gasteiger partial charge in [-0.05, 0) is 80.9 Å². The van der Waals surface area contributed by atoms with E-state index in [1.165, 1.54) is 43.5 Å². The van der Waals surface area contributed by atoms with Crippen LogP contribution in [-0.4, -0.2) is 51.7 Å². The van der Waals surface area contributed by atoms with Crippen molar-refractivity contribution in [1.82, 2.24) is 9.88 Å². The van der Waals surface area contributed by atoms with Gasteiger partial charge in [-0.3, -0.25) is 9.71 Å². The van der Waals surface area contributed by atoms with Gasteiger partial charge in [-0.15, -0.1) is 0 Å². The maximum Gasteiger partial charge on any atom is 0.262 e. The van der Waals surface area contributed by atoms with Gasteiger partial charge in [0.05, 0.1) is 29.8 Å². The molecule has 0 unspecified atom stereocenters. The number of para-hydroxylation sites is 1. The summed E-state index contributed by atoms with van der Waals surface area (Å²) in [6.45, 7) is 3.83. The molecule has 1 aromatic heterocycles. The van der Waals surface area contributed by atoms with Crippen molar-refractivity contribution < 1.29 is 31.8 Å². The zero-order chi connectivity index (χ0) is 32.6. The van der Waals surface area contributed by atoms with E-state index in [9.17, 15) is 8.42 Å². The highest BCUT2D eigenvalue weighted by Gasteiger charge is 2.18. The van der Waals surface area contributed by atoms with Crippen LogP contribution >= 0.6 is 0 Å². The molecule has 1 aliphatic rings. The maximum absolute atomic E-state index is 15.3. The molecule has 0 radical (unpaired) electrons. The summed E-state index contributed by atoms with van der Waals surface area (Å²) < 4.78 is 67.4. The summed E-state index contributed by atoms with van der Waals surface area (Å²) >= 11 is 0. The van der Waals surface area contributed by atoms with Crippen molar-refractivity contribution in [1.29, 1.82) is 0 Å². The summed E-state index contributed by atoms with van der Waals surface area (Å²) in [5.74, 6) is 1.52. The van der Waals surface area contributed by atoms with E-state index in [4.69, 9.17) is 18.9 Å². The van der Waals surface area contributed by atoms with E-state index in [1.54, 1.807) is 55.8 Å². The minimum atomic E-state index is -4.05. The van der Waals surface area contributed by atoms with Crippen molar-refractivity contribution in [2.24, 2.45) is 0 Å². The highest BCUT2D eigenvalue weighted by atomic mass is 32.2. The first-order valence-corrected chi connectivity index (χ1v) is 17.0. The first-order chi connectivity index (χ1) is 22.9. The van der Waals surface area contributed by atoms with Crippen molar-refractivity contribution >= 4 is 26.6 Å². The number of sulfonamides is 1. The average molecular weight is 658 g/mol. The number of rotatable bonds is 13. The van der Waals surface area contributed by atoms with E-state index in [-0.39, 0.29) is 16.3 Å². The molecule has 1 aliphatic heterocycles. The van der Waals surface area contributed by atoms with E-state index in [0.717, 1.165) is 32.1 Å². The Labute approximate surface area is 273 Å². The molecule has 6 rings (SSSR count). The Morgan fingerprint density at radius 3 is 2.40 bits per heavy atom. The van der Waals surface area contributed by atoms with Crippen molar-refractivity contribution in [2.45, 2.75) is 30.6 Å². The Kier molecular flexibility index (Phi) is 10.0. The van der Waals surface area contributed by atoms with Crippen molar-refractivity contribution in [3.05, 3.63) is 103 Å². The standard InChI is InChI=1S/C36H36FN3O6S/c1-43-35-24-30-32(25-36(35)44-21-9-20-40-18-6-3-7-19-40)38-17-16-33(30)46-34-15-14-26(22-31(34)37)39-47(41,42)29-13-8-12-28(23-29)45-27-10-4-2-5-11-27/h2,4-5,8,10-17,22-25,39H,3,6-7,9,18-21H2,1H3. The molecule has 1 saturated heterocycles. The van der Waals surface area contributed by atoms with Gasteiger partial charge in [0.1, 0.15) is 17.2 Å². The number of fused-ring (bicyclic) bond motifs is 1. The molecule has 9 nitrogen and oxygen atoms in total. The molecule has 0 atom stereocenters. The second-order valence-corrected chi connectivity index (χ2v) is 12.9. The second-order valence-electron chi connectivity index (χ2n) is 11.2. The summed E-state index contributed by atoms with van der Waals surface area (Å²) in [5.41, 5.74) is 0.630. The quantitative estimate of drug-likeness (QED) is 0.127. The molecule has 2 heterocycles. The first-order valence-electron chi connectivity index (χ1n) is 15.5. The van der Waals surface area contributed by atoms with Crippen molar-refractivity contribution in [2.75, 3.05) is 38.1 Å². The highest BCUT2D eigenvalue weighted by Crippen LogP contribution is 2.38. The predicted molar refractivity (Wildman–Crippen MR) is 179 cm³/mol. The largest absolute Gasteiger partial charge is 0.493 e. The number of piperidine rings is 1. The van der Waals surface area contributed by atoms with Gasteiger partial charge < -0.3 is 23.8 Å². The summed E-state index contributed by atoms with van der Waals surface area (Å²) in [6.07, 6.45) is 6.28. The molecule has 0 amide bonds. The lowest BCUT2D eigenvalue weighted by Crippen LogP contribution is -2.31. The molecule has 0 bridgehead atoms. The van der Waals surface area contributed by atoms with Crippen molar-refractivity contribution in [3.63, 3.8) is 0 Å². The van der Waals surface area contributed by atoms with Gasteiger partial charge in [-0.2, -0.15) is 0 Å². The third kappa shape index (κ3) is 8.11. The van der Waals surface area contributed by atoms with E-state index in [0.29, 0.717) is 46.3 Å². The van der Waals surface area contributed by atoms with Crippen LogP contribution in [-0.2, 0) is 10.0 Å². The van der Waals surface area contributed by atoms with Crippen LogP contribution in [0.4, 0.5) is 10.1 Å². The van der Waals surface area contributed by atoms with Gasteiger partial charge in [0.2, 0.25) is 0 Å². The lowest BCUT2D eigenvalue weighted by atomic mass is 10.1. The van der Waals surface area contributed by atoms with Gasteiger partial charge >= 0.3 is 0 Å². The normalized spacial score (nSPS) is 13.7. The first kappa shape index (κ1) is 32.1. The SMILES string of the molecule is COc1cc2c(Oc3ccc(NS(=O)(=O)c4cccc(Oc5ccccc5)c4)cc3F)ccnc2cc1OCCCN1CCCCC1. The summed E-state index contributed by atoms with van der Waals surface area (Å²) in [5, 5.41) is 0.604. The smallest absolute Gasteiger partial charge is 0.262 e. The summed E-state index contributed by atoms with van der Waals surface area (Å²) in [4.78, 5) is 6.89. The minimum Gasteiger partial charge on any atom is -0.493 e. The summed E-state index contributed by atoms with van der Waals surface area (Å²) in [7, 11) is -2.49. The van der Waals surface area contributed by atoms with E-state index in [2.05, 4.69) is 14.6 Å². The maximum atomic E-state index is 15.3. The zero-order valence-electron chi connectivity index (χ0n) is 26.0. The fourth-order valence-corrected chi connectivity index (χ4v) is 6.54. The Morgan fingerprint density at radius 1 is 0.809 bits per heavy atom. The molecule has 11 heteroatoms. The van der Waals surface area contributed by atoms with E-state index < -0.39 is 15.8 Å². The van der Waals surface area contributed by atoms with Gasteiger partial charge in [0.15, 0.2) is 23.1 Å². The number of hydrogen-bond donors (Lipinski definition) is 1. The molecule has 1 N–H and O–H groups in total. The number of ether oxygens (including phenoxy) is 4. The van der Waals surface area contributed by atoms with E-state index in [1.807, 2.05) is 18.2 Å². The Balaban J connectivity index is 1.13. The fourth-order valence-electron chi connectivity index (χ4n) is 5.45. The van der Waals surface area contributed by atoms with Crippen molar-refractivity contribution in [3.8, 4) is 34.5 Å². The Morgan fingerprint density at radius 2 is 1.62 bits per heavy atom. The lowest BCUT2D eigenvalue weighted by Gasteiger charge is -2.26. The third-order valence-corrected chi connectivity index (χ3v) is 9.19. The zero-order valence-corrected chi connectivity index (χ0v) is 26.8. The predicted octanol–water partition coefficient (Wildman–Crippen LogP) is 8.02. The number of anilines is 1. The number of benzene rings is 4. The topological polar surface area (TPSA) is 99.2 Å². The molecule has 0 saturated carbocycles. The molecular weight excluding hydrogens is 621 g/mol. The number of hydrogen-bond acceptors (Lipinski definition) is 8. The number of likely N-dealkylation sites (tertiary alicyclic amines) is 1. The number of halogens is 1. The molecular formula is C36H36FN3O6S. The van der Waals surface area contributed by atoms with Crippen LogP contribution in [0.5, 0.6) is 34.5 Å². The summed E-state index contributed by atoms with van der Waals surface area (Å²) in [6, 6.07) is 24.1. The van der Waals surface area contributed by atoms with Gasteiger partial charge in [-0.1, -0.05) is 30.7 Å². The molecule has 4 aromatic carbocycles. The number of methoxy groups -OCH3 is 1. The molecule has 1 fully saturated rings. The minimum absolute atomic E-state index is 0.0331. The van der Waals surface area contributed by atoms with Gasteiger partial charge in [0.25, 0.3) is 10.0 Å². The van der Waals surface area contributed by atoms with Gasteiger partial charge in [0, 0.05) is 36.3 Å². The Hall–Kier alpha value is -4.87. The molecule has 47 heavy (non-hydrogen) atoms. The fraction of sp³-hybridized carbons (Fsp3) is 0.250. The number of nitrogens with one attached hydrogen (secondary N) is 1. The molecule has 244 valence electrons. The van der Waals surface area contributed by atoms with Gasteiger partial charge in [-0.25, -0.2) is 12.8 Å². The van der Waals surface area contributed by atoms with Crippen LogP contribution in [0.3, 0.4) is 0 Å². The third-order valence-electron chi connectivity index (χ3n) is 7.81. The van der Waals surface area contributed by atoms with Crippen LogP contribution in [0.2, 0.25) is 0 Å². The second kappa shape index (κ2) is 14.7. The van der Waals surface area contributed by atoms with Crippen LogP contribution in [0, 0.1) is 5.82 Å². The van der Waals surface area contributed by atoms with Crippen LogP contribution in [0.25, 0.3) is 10.9 Å². The van der Waals surface area contributed by atoms with Crippen LogP contribution in [0.1, 0.15) is 25.7 Å².